The van der Waals surface area contributed by atoms with Crippen LogP contribution in [0.1, 0.15) is 25.0 Å². The van der Waals surface area contributed by atoms with Crippen LogP contribution in [-0.2, 0) is 11.2 Å². The molecule has 184 valence electrons. The van der Waals surface area contributed by atoms with Gasteiger partial charge in [-0.05, 0) is 73.0 Å². The van der Waals surface area contributed by atoms with Gasteiger partial charge in [0.15, 0.2) is 11.0 Å². The molecule has 3 aromatic carbocycles. The summed E-state index contributed by atoms with van der Waals surface area (Å²) in [5.74, 6) is 1.31. The summed E-state index contributed by atoms with van der Waals surface area (Å²) in [5, 5.41) is 14.1. The zero-order chi connectivity index (χ0) is 25.3. The van der Waals surface area contributed by atoms with Crippen molar-refractivity contribution in [2.24, 2.45) is 5.10 Å². The zero-order valence-corrected chi connectivity index (χ0v) is 21.6. The average Bonchev–Trinajstić information content (AvgIpc) is 3.33. The summed E-state index contributed by atoms with van der Waals surface area (Å²) in [4.78, 5) is 12.5. The SMILES string of the molecule is CCOc1ccc(-n2c(SCC(=O)N/N=C/c3ccc(CC)cc3)nnc2-c2ccc(Cl)cc2)cc1. The van der Waals surface area contributed by atoms with E-state index in [9.17, 15) is 4.79 Å². The molecule has 36 heavy (non-hydrogen) atoms. The van der Waals surface area contributed by atoms with Crippen molar-refractivity contribution >= 4 is 35.5 Å². The number of benzene rings is 3. The van der Waals surface area contributed by atoms with Crippen LogP contribution in [0.15, 0.2) is 83.1 Å². The van der Waals surface area contributed by atoms with Crippen molar-refractivity contribution in [1.82, 2.24) is 20.2 Å². The molecule has 4 rings (SSSR count). The second-order valence-electron chi connectivity index (χ2n) is 7.75. The maximum absolute atomic E-state index is 12.5. The first-order valence-corrected chi connectivity index (χ1v) is 12.9. The molecule has 0 unspecified atom stereocenters. The molecule has 7 nitrogen and oxygen atoms in total. The molecule has 0 bridgehead atoms. The van der Waals surface area contributed by atoms with Crippen LogP contribution >= 0.6 is 23.4 Å². The third-order valence-corrected chi connectivity index (χ3v) is 6.45. The summed E-state index contributed by atoms with van der Waals surface area (Å²) < 4.78 is 7.48. The Morgan fingerprint density at radius 2 is 1.75 bits per heavy atom. The second kappa shape index (κ2) is 12.4. The van der Waals surface area contributed by atoms with Crippen molar-refractivity contribution < 1.29 is 9.53 Å². The lowest BCUT2D eigenvalue weighted by Crippen LogP contribution is -2.20. The lowest BCUT2D eigenvalue weighted by molar-refractivity contribution is -0.118. The van der Waals surface area contributed by atoms with Gasteiger partial charge in [0.1, 0.15) is 5.75 Å². The lowest BCUT2D eigenvalue weighted by atomic mass is 10.1. The summed E-state index contributed by atoms with van der Waals surface area (Å²) in [6, 6.07) is 23.1. The summed E-state index contributed by atoms with van der Waals surface area (Å²) in [5.41, 5.74) is 6.46. The molecule has 0 aliphatic heterocycles. The van der Waals surface area contributed by atoms with Crippen LogP contribution in [-0.4, -0.2) is 39.2 Å². The number of hydrogen-bond donors (Lipinski definition) is 1. The predicted octanol–water partition coefficient (Wildman–Crippen LogP) is 5.79. The molecule has 1 heterocycles. The van der Waals surface area contributed by atoms with E-state index in [-0.39, 0.29) is 11.7 Å². The minimum atomic E-state index is -0.240. The minimum Gasteiger partial charge on any atom is -0.494 e. The third-order valence-electron chi connectivity index (χ3n) is 5.26. The van der Waals surface area contributed by atoms with Gasteiger partial charge in [0, 0.05) is 16.3 Å². The Labute approximate surface area is 219 Å². The van der Waals surface area contributed by atoms with E-state index in [2.05, 4.69) is 27.6 Å². The van der Waals surface area contributed by atoms with E-state index >= 15 is 0 Å². The van der Waals surface area contributed by atoms with Gasteiger partial charge in [-0.2, -0.15) is 5.10 Å². The molecule has 9 heteroatoms. The van der Waals surface area contributed by atoms with E-state index in [0.29, 0.717) is 22.6 Å². The molecule has 0 spiro atoms. The molecule has 1 amide bonds. The molecule has 0 saturated heterocycles. The summed E-state index contributed by atoms with van der Waals surface area (Å²) in [7, 11) is 0. The highest BCUT2D eigenvalue weighted by Gasteiger charge is 2.17. The third kappa shape index (κ3) is 6.53. The Morgan fingerprint density at radius 3 is 2.42 bits per heavy atom. The highest BCUT2D eigenvalue weighted by Crippen LogP contribution is 2.29. The maximum Gasteiger partial charge on any atom is 0.250 e. The highest BCUT2D eigenvalue weighted by molar-refractivity contribution is 7.99. The number of aromatic nitrogens is 3. The van der Waals surface area contributed by atoms with Gasteiger partial charge in [-0.3, -0.25) is 9.36 Å². The van der Waals surface area contributed by atoms with Gasteiger partial charge < -0.3 is 4.74 Å². The first-order valence-electron chi connectivity index (χ1n) is 11.6. The summed E-state index contributed by atoms with van der Waals surface area (Å²) >= 11 is 7.35. The quantitative estimate of drug-likeness (QED) is 0.163. The number of hydrogen-bond acceptors (Lipinski definition) is 6. The Kier molecular flexibility index (Phi) is 8.76. The Hall–Kier alpha value is -3.62. The fourth-order valence-electron chi connectivity index (χ4n) is 3.42. The number of ether oxygens (including phenoxy) is 1. The van der Waals surface area contributed by atoms with Crippen molar-refractivity contribution in [2.45, 2.75) is 25.4 Å². The monoisotopic (exact) mass is 519 g/mol. The number of nitrogens with one attached hydrogen (secondary N) is 1. The molecule has 0 saturated carbocycles. The van der Waals surface area contributed by atoms with E-state index in [4.69, 9.17) is 16.3 Å². The number of rotatable bonds is 10. The summed E-state index contributed by atoms with van der Waals surface area (Å²) in [6.07, 6.45) is 2.61. The summed E-state index contributed by atoms with van der Waals surface area (Å²) in [6.45, 7) is 4.64. The molecule has 1 N–H and O–H groups in total. The van der Waals surface area contributed by atoms with Crippen LogP contribution in [0.5, 0.6) is 5.75 Å². The molecule has 0 aliphatic carbocycles. The fraction of sp³-hybridized carbons (Fsp3) is 0.185. The van der Waals surface area contributed by atoms with Gasteiger partial charge in [-0.1, -0.05) is 54.6 Å². The maximum atomic E-state index is 12.5. The van der Waals surface area contributed by atoms with E-state index in [0.717, 1.165) is 29.0 Å². The van der Waals surface area contributed by atoms with E-state index in [1.54, 1.807) is 6.21 Å². The predicted molar refractivity (Wildman–Crippen MR) is 145 cm³/mol. The van der Waals surface area contributed by atoms with Crippen molar-refractivity contribution in [1.29, 1.82) is 0 Å². The van der Waals surface area contributed by atoms with Crippen molar-refractivity contribution in [2.75, 3.05) is 12.4 Å². The molecule has 4 aromatic rings. The Balaban J connectivity index is 1.50. The number of nitrogens with zero attached hydrogens (tertiary/aromatic N) is 4. The topological polar surface area (TPSA) is 81.4 Å². The van der Waals surface area contributed by atoms with E-state index < -0.39 is 0 Å². The van der Waals surface area contributed by atoms with Crippen molar-refractivity contribution in [3.63, 3.8) is 0 Å². The van der Waals surface area contributed by atoms with Crippen LogP contribution in [0.25, 0.3) is 17.1 Å². The molecule has 1 aromatic heterocycles. The van der Waals surface area contributed by atoms with Gasteiger partial charge in [-0.25, -0.2) is 5.43 Å². The normalized spacial score (nSPS) is 11.1. The van der Waals surface area contributed by atoms with Gasteiger partial charge in [0.25, 0.3) is 5.91 Å². The van der Waals surface area contributed by atoms with Crippen LogP contribution in [0, 0.1) is 0 Å². The number of thioether (sulfide) groups is 1. The van der Waals surface area contributed by atoms with Gasteiger partial charge in [0.05, 0.1) is 18.6 Å². The molecular weight excluding hydrogens is 494 g/mol. The first kappa shape index (κ1) is 25.5. The zero-order valence-electron chi connectivity index (χ0n) is 20.0. The van der Waals surface area contributed by atoms with Crippen LogP contribution in [0.2, 0.25) is 5.02 Å². The first-order chi connectivity index (χ1) is 17.6. The molecule has 0 fully saturated rings. The van der Waals surface area contributed by atoms with Gasteiger partial charge in [-0.15, -0.1) is 10.2 Å². The molecule has 0 radical (unpaired) electrons. The lowest BCUT2D eigenvalue weighted by Gasteiger charge is -2.11. The van der Waals surface area contributed by atoms with Crippen LogP contribution in [0.4, 0.5) is 0 Å². The van der Waals surface area contributed by atoms with E-state index in [1.165, 1.54) is 17.3 Å². The molecule has 0 aliphatic rings. The number of aryl methyl sites for hydroxylation is 1. The highest BCUT2D eigenvalue weighted by atomic mass is 35.5. The second-order valence-corrected chi connectivity index (χ2v) is 9.13. The van der Waals surface area contributed by atoms with Gasteiger partial charge >= 0.3 is 0 Å². The van der Waals surface area contributed by atoms with Crippen molar-refractivity contribution in [3.8, 4) is 22.8 Å². The van der Waals surface area contributed by atoms with E-state index in [1.807, 2.05) is 84.3 Å². The largest absolute Gasteiger partial charge is 0.494 e. The fourth-order valence-corrected chi connectivity index (χ4v) is 4.29. The minimum absolute atomic E-state index is 0.127. The standard InChI is InChI=1S/C27H26ClN5O2S/c1-3-19-5-7-20(8-6-19)17-29-30-25(34)18-36-27-32-31-26(21-9-11-22(28)12-10-21)33(27)23-13-15-24(16-14-23)35-4-2/h5-17H,3-4,18H2,1-2H3,(H,30,34)/b29-17+. The Bertz CT molecular complexity index is 1320. The van der Waals surface area contributed by atoms with Crippen LogP contribution in [0.3, 0.4) is 0 Å². The molecule has 0 atom stereocenters. The number of carbonyl (C=O) groups excluding carboxylic acids is 1. The smallest absolute Gasteiger partial charge is 0.250 e. The number of amides is 1. The number of hydrazone groups is 1. The molecular formula is C27H26ClN5O2S. The van der Waals surface area contributed by atoms with Crippen LogP contribution < -0.4 is 10.2 Å². The van der Waals surface area contributed by atoms with Gasteiger partial charge in [0.2, 0.25) is 0 Å². The van der Waals surface area contributed by atoms with Crippen molar-refractivity contribution in [3.05, 3.63) is 88.9 Å². The number of halogens is 1. The average molecular weight is 520 g/mol. The Morgan fingerprint density at radius 1 is 1.03 bits per heavy atom. The number of carbonyl (C=O) groups is 1.